The van der Waals surface area contributed by atoms with Gasteiger partial charge in [-0.2, -0.15) is 0 Å². The van der Waals surface area contributed by atoms with Gasteiger partial charge in [0.15, 0.2) is 0 Å². The number of rotatable bonds is 5. The Hall–Kier alpha value is -1.02. The first kappa shape index (κ1) is 12.0. The van der Waals surface area contributed by atoms with Gasteiger partial charge >= 0.3 is 0 Å². The summed E-state index contributed by atoms with van der Waals surface area (Å²) in [7, 11) is 1.73. The SMILES string of the molecule is COc1ccc(C2CCCC2CNC2CC2)cc1. The van der Waals surface area contributed by atoms with E-state index in [1.165, 1.54) is 44.2 Å². The van der Waals surface area contributed by atoms with Crippen molar-refractivity contribution in [2.24, 2.45) is 5.92 Å². The topological polar surface area (TPSA) is 21.3 Å². The second kappa shape index (κ2) is 5.31. The Kier molecular flexibility index (Phi) is 3.55. The Morgan fingerprint density at radius 1 is 1.11 bits per heavy atom. The van der Waals surface area contributed by atoms with Crippen molar-refractivity contribution < 1.29 is 4.74 Å². The molecule has 0 amide bonds. The molecule has 2 atom stereocenters. The standard InChI is InChI=1S/C16H23NO/c1-18-15-9-5-12(6-10-15)16-4-2-3-13(16)11-17-14-7-8-14/h5-6,9-10,13-14,16-17H,2-4,7-8,11H2,1H3. The molecule has 2 unspecified atom stereocenters. The van der Waals surface area contributed by atoms with E-state index in [2.05, 4.69) is 29.6 Å². The van der Waals surface area contributed by atoms with Crippen molar-refractivity contribution in [2.45, 2.75) is 44.1 Å². The molecule has 2 aliphatic carbocycles. The van der Waals surface area contributed by atoms with Gasteiger partial charge in [-0.05, 0) is 61.8 Å². The largest absolute Gasteiger partial charge is 0.497 e. The van der Waals surface area contributed by atoms with Gasteiger partial charge in [0, 0.05) is 6.04 Å². The van der Waals surface area contributed by atoms with E-state index in [-0.39, 0.29) is 0 Å². The monoisotopic (exact) mass is 245 g/mol. The molecule has 2 saturated carbocycles. The zero-order valence-corrected chi connectivity index (χ0v) is 11.2. The van der Waals surface area contributed by atoms with E-state index in [9.17, 15) is 0 Å². The lowest BCUT2D eigenvalue weighted by Crippen LogP contribution is -2.26. The molecule has 0 bridgehead atoms. The maximum absolute atomic E-state index is 5.23. The van der Waals surface area contributed by atoms with Crippen LogP contribution in [0.1, 0.15) is 43.6 Å². The van der Waals surface area contributed by atoms with Gasteiger partial charge in [0.2, 0.25) is 0 Å². The molecular weight excluding hydrogens is 222 g/mol. The second-order valence-electron chi connectivity index (χ2n) is 5.75. The summed E-state index contributed by atoms with van der Waals surface area (Å²) in [6.45, 7) is 1.21. The van der Waals surface area contributed by atoms with Crippen LogP contribution in [0.25, 0.3) is 0 Å². The maximum atomic E-state index is 5.23. The zero-order valence-electron chi connectivity index (χ0n) is 11.2. The molecule has 0 aromatic heterocycles. The number of hydrogen-bond acceptors (Lipinski definition) is 2. The van der Waals surface area contributed by atoms with Gasteiger partial charge in [-0.3, -0.25) is 0 Å². The maximum Gasteiger partial charge on any atom is 0.118 e. The van der Waals surface area contributed by atoms with E-state index in [1.807, 2.05) is 0 Å². The fourth-order valence-electron chi connectivity index (χ4n) is 3.18. The summed E-state index contributed by atoms with van der Waals surface area (Å²) < 4.78 is 5.23. The molecule has 1 aromatic carbocycles. The first-order valence-corrected chi connectivity index (χ1v) is 7.24. The lowest BCUT2D eigenvalue weighted by molar-refractivity contribution is 0.413. The first-order chi connectivity index (χ1) is 8.86. The van der Waals surface area contributed by atoms with Crippen LogP contribution >= 0.6 is 0 Å². The van der Waals surface area contributed by atoms with Gasteiger partial charge in [0.1, 0.15) is 5.75 Å². The molecule has 1 N–H and O–H groups in total. The van der Waals surface area contributed by atoms with Crippen molar-refractivity contribution in [1.82, 2.24) is 5.32 Å². The summed E-state index contributed by atoms with van der Waals surface area (Å²) in [5.41, 5.74) is 1.50. The Balaban J connectivity index is 1.64. The Morgan fingerprint density at radius 3 is 2.56 bits per heavy atom. The molecule has 0 spiro atoms. The molecule has 2 heteroatoms. The summed E-state index contributed by atoms with van der Waals surface area (Å²) in [5.74, 6) is 2.55. The molecule has 1 aromatic rings. The number of benzene rings is 1. The van der Waals surface area contributed by atoms with Crippen LogP contribution in [0.3, 0.4) is 0 Å². The molecule has 3 rings (SSSR count). The highest BCUT2D eigenvalue weighted by molar-refractivity contribution is 5.30. The molecule has 0 aliphatic heterocycles. The predicted molar refractivity (Wildman–Crippen MR) is 74.1 cm³/mol. The van der Waals surface area contributed by atoms with Crippen LogP contribution in [0.2, 0.25) is 0 Å². The molecule has 0 radical (unpaired) electrons. The van der Waals surface area contributed by atoms with E-state index in [1.54, 1.807) is 7.11 Å². The van der Waals surface area contributed by atoms with E-state index < -0.39 is 0 Å². The number of ether oxygens (including phenoxy) is 1. The minimum atomic E-state index is 0.752. The lowest BCUT2D eigenvalue weighted by Gasteiger charge is -2.20. The highest BCUT2D eigenvalue weighted by atomic mass is 16.5. The van der Waals surface area contributed by atoms with Gasteiger partial charge in [0.05, 0.1) is 7.11 Å². The van der Waals surface area contributed by atoms with Crippen molar-refractivity contribution in [2.75, 3.05) is 13.7 Å². The summed E-state index contributed by atoms with van der Waals surface area (Å²) >= 11 is 0. The van der Waals surface area contributed by atoms with Crippen LogP contribution in [0, 0.1) is 5.92 Å². The highest BCUT2D eigenvalue weighted by Crippen LogP contribution is 2.40. The molecule has 18 heavy (non-hydrogen) atoms. The third kappa shape index (κ3) is 2.69. The number of methoxy groups -OCH3 is 1. The summed E-state index contributed by atoms with van der Waals surface area (Å²) in [5, 5.41) is 3.70. The second-order valence-corrected chi connectivity index (χ2v) is 5.75. The van der Waals surface area contributed by atoms with Gasteiger partial charge in [-0.1, -0.05) is 18.6 Å². The van der Waals surface area contributed by atoms with Crippen molar-refractivity contribution in [3.63, 3.8) is 0 Å². The minimum Gasteiger partial charge on any atom is -0.497 e. The summed E-state index contributed by atoms with van der Waals surface area (Å²) in [6.07, 6.45) is 6.90. The van der Waals surface area contributed by atoms with Crippen LogP contribution in [-0.2, 0) is 0 Å². The first-order valence-electron chi connectivity index (χ1n) is 7.24. The normalized spacial score (nSPS) is 27.4. The van der Waals surface area contributed by atoms with Crippen molar-refractivity contribution in [1.29, 1.82) is 0 Å². The summed E-state index contributed by atoms with van der Waals surface area (Å²) in [4.78, 5) is 0. The van der Waals surface area contributed by atoms with Crippen molar-refractivity contribution >= 4 is 0 Å². The highest BCUT2D eigenvalue weighted by Gasteiger charge is 2.30. The molecule has 98 valence electrons. The molecule has 2 aliphatic rings. The van der Waals surface area contributed by atoms with Crippen LogP contribution in [-0.4, -0.2) is 19.7 Å². The fourth-order valence-corrected chi connectivity index (χ4v) is 3.18. The molecule has 2 nitrogen and oxygen atoms in total. The lowest BCUT2D eigenvalue weighted by atomic mass is 9.89. The van der Waals surface area contributed by atoms with E-state index in [4.69, 9.17) is 4.74 Å². The average molecular weight is 245 g/mol. The van der Waals surface area contributed by atoms with Gasteiger partial charge < -0.3 is 10.1 Å². The van der Waals surface area contributed by atoms with E-state index in [0.717, 1.165) is 23.6 Å². The molecule has 2 fully saturated rings. The third-order valence-electron chi connectivity index (χ3n) is 4.45. The predicted octanol–water partition coefficient (Wildman–Crippen LogP) is 3.33. The van der Waals surface area contributed by atoms with Crippen LogP contribution in [0.15, 0.2) is 24.3 Å². The Labute approximate surface area is 110 Å². The van der Waals surface area contributed by atoms with Crippen LogP contribution < -0.4 is 10.1 Å². The molecule has 0 heterocycles. The summed E-state index contributed by atoms with van der Waals surface area (Å²) in [6, 6.07) is 9.53. The molecule has 0 saturated heterocycles. The van der Waals surface area contributed by atoms with Gasteiger partial charge in [-0.25, -0.2) is 0 Å². The Morgan fingerprint density at radius 2 is 1.89 bits per heavy atom. The van der Waals surface area contributed by atoms with Crippen molar-refractivity contribution in [3.8, 4) is 5.75 Å². The number of nitrogens with one attached hydrogen (secondary N) is 1. The fraction of sp³-hybridized carbons (Fsp3) is 0.625. The van der Waals surface area contributed by atoms with Crippen LogP contribution in [0.5, 0.6) is 5.75 Å². The zero-order chi connectivity index (χ0) is 12.4. The third-order valence-corrected chi connectivity index (χ3v) is 4.45. The minimum absolute atomic E-state index is 0.752. The average Bonchev–Trinajstić information content (AvgIpc) is 3.14. The quantitative estimate of drug-likeness (QED) is 0.859. The van der Waals surface area contributed by atoms with E-state index >= 15 is 0 Å². The smallest absolute Gasteiger partial charge is 0.118 e. The van der Waals surface area contributed by atoms with Crippen LogP contribution in [0.4, 0.5) is 0 Å². The van der Waals surface area contributed by atoms with E-state index in [0.29, 0.717) is 0 Å². The molecular formula is C16H23NO. The van der Waals surface area contributed by atoms with Gasteiger partial charge in [0.25, 0.3) is 0 Å². The van der Waals surface area contributed by atoms with Crippen molar-refractivity contribution in [3.05, 3.63) is 29.8 Å². The van der Waals surface area contributed by atoms with Gasteiger partial charge in [-0.15, -0.1) is 0 Å². The number of hydrogen-bond donors (Lipinski definition) is 1. The Bertz CT molecular complexity index is 383.